The molecule has 0 spiro atoms. The minimum absolute atomic E-state index is 0.0382. The third-order valence-electron chi connectivity index (χ3n) is 5.87. The quantitative estimate of drug-likeness (QED) is 0.457. The Labute approximate surface area is 196 Å². The second-order valence-electron chi connectivity index (χ2n) is 8.02. The minimum atomic E-state index is -0.596. The number of aliphatic hydroxyl groups excluding tert-OH is 1. The van der Waals surface area contributed by atoms with Crippen LogP contribution in [-0.4, -0.2) is 30.5 Å². The number of carbonyl (C=O) groups is 1. The molecule has 7 heteroatoms. The van der Waals surface area contributed by atoms with Crippen molar-refractivity contribution in [1.29, 1.82) is 0 Å². The van der Waals surface area contributed by atoms with Crippen LogP contribution in [0.25, 0.3) is 10.1 Å². The zero-order valence-electron chi connectivity index (χ0n) is 18.5. The lowest BCUT2D eigenvalue weighted by Gasteiger charge is -2.36. The summed E-state index contributed by atoms with van der Waals surface area (Å²) in [7, 11) is 0. The number of aliphatic hydroxyl groups is 1. The van der Waals surface area contributed by atoms with Gasteiger partial charge in [0.2, 0.25) is 6.29 Å². The van der Waals surface area contributed by atoms with Gasteiger partial charge in [0.05, 0.1) is 0 Å². The van der Waals surface area contributed by atoms with Gasteiger partial charge in [-0.3, -0.25) is 4.79 Å². The van der Waals surface area contributed by atoms with Gasteiger partial charge in [-0.2, -0.15) is 0 Å². The summed E-state index contributed by atoms with van der Waals surface area (Å²) >= 11 is 1.67. The van der Waals surface area contributed by atoms with E-state index < -0.39 is 6.29 Å². The molecule has 2 N–H and O–H groups in total. The number of hydrogen-bond donors (Lipinski definition) is 2. The molecule has 0 fully saturated rings. The molecule has 0 bridgehead atoms. The number of carbonyl (C=O) groups excluding carboxylic acids is 1. The normalized spacial score (nSPS) is 20.3. The summed E-state index contributed by atoms with van der Waals surface area (Å²) in [4.78, 5) is 13.0. The van der Waals surface area contributed by atoms with Crippen LogP contribution < -0.4 is 5.32 Å². The molecular formula is C26H28FNO4S. The molecule has 174 valence electrons. The van der Waals surface area contributed by atoms with E-state index in [4.69, 9.17) is 9.47 Å². The van der Waals surface area contributed by atoms with E-state index in [0.29, 0.717) is 19.4 Å². The fourth-order valence-corrected chi connectivity index (χ4v) is 5.26. The van der Waals surface area contributed by atoms with Gasteiger partial charge in [-0.05, 0) is 65.9 Å². The van der Waals surface area contributed by atoms with Crippen molar-refractivity contribution in [2.24, 2.45) is 5.92 Å². The first-order chi connectivity index (χ1) is 16.1. The highest BCUT2D eigenvalue weighted by molar-refractivity contribution is 7.17. The number of benzene rings is 2. The fraction of sp³-hybridized carbons (Fsp3) is 0.346. The Morgan fingerprint density at radius 3 is 2.76 bits per heavy atom. The summed E-state index contributed by atoms with van der Waals surface area (Å²) in [5.41, 5.74) is 1.93. The number of allylic oxidation sites excluding steroid dienone is 1. The number of thiophene rings is 1. The van der Waals surface area contributed by atoms with Crippen molar-refractivity contribution in [3.8, 4) is 0 Å². The van der Waals surface area contributed by atoms with Crippen LogP contribution in [0.4, 0.5) is 4.39 Å². The Balaban J connectivity index is 1.64. The molecule has 0 saturated carbocycles. The van der Waals surface area contributed by atoms with Gasteiger partial charge in [0, 0.05) is 36.3 Å². The summed E-state index contributed by atoms with van der Waals surface area (Å²) < 4.78 is 26.3. The Morgan fingerprint density at radius 2 is 2.00 bits per heavy atom. The number of halogens is 1. The van der Waals surface area contributed by atoms with Crippen LogP contribution in [0.3, 0.4) is 0 Å². The molecule has 2 heterocycles. The third-order valence-corrected chi connectivity index (χ3v) is 6.85. The van der Waals surface area contributed by atoms with Gasteiger partial charge in [0.1, 0.15) is 5.82 Å². The van der Waals surface area contributed by atoms with Crippen molar-refractivity contribution in [3.63, 3.8) is 0 Å². The average molecular weight is 470 g/mol. The SMILES string of the molecule is CCO[C@@H]1OC(C(=O)NCc2ccc(F)cc2)=C[C@H](c2csc3ccccc23)[C@H]1CCCO. The van der Waals surface area contributed by atoms with Crippen molar-refractivity contribution in [2.75, 3.05) is 13.2 Å². The van der Waals surface area contributed by atoms with Crippen molar-refractivity contribution in [3.05, 3.63) is 82.7 Å². The van der Waals surface area contributed by atoms with Gasteiger partial charge in [0.25, 0.3) is 5.91 Å². The van der Waals surface area contributed by atoms with Crippen LogP contribution in [0.1, 0.15) is 36.8 Å². The summed E-state index contributed by atoms with van der Waals surface area (Å²) in [6.45, 7) is 2.69. The molecule has 3 aromatic rings. The van der Waals surface area contributed by atoms with E-state index in [9.17, 15) is 14.3 Å². The Hall–Kier alpha value is -2.74. The maximum absolute atomic E-state index is 13.2. The Morgan fingerprint density at radius 1 is 1.21 bits per heavy atom. The molecule has 33 heavy (non-hydrogen) atoms. The van der Waals surface area contributed by atoms with Crippen molar-refractivity contribution in [1.82, 2.24) is 5.32 Å². The second kappa shape index (κ2) is 10.9. The van der Waals surface area contributed by atoms with Crippen molar-refractivity contribution >= 4 is 27.3 Å². The summed E-state index contributed by atoms with van der Waals surface area (Å²) in [5, 5.41) is 15.6. The van der Waals surface area contributed by atoms with Crippen LogP contribution in [0, 0.1) is 11.7 Å². The summed E-state index contributed by atoms with van der Waals surface area (Å²) in [5.74, 6) is -0.568. The molecule has 2 aromatic carbocycles. The van der Waals surface area contributed by atoms with Crippen LogP contribution in [0.2, 0.25) is 0 Å². The molecule has 1 aromatic heterocycles. The molecule has 0 saturated heterocycles. The fourth-order valence-electron chi connectivity index (χ4n) is 4.25. The molecule has 0 radical (unpaired) electrons. The van der Waals surface area contributed by atoms with E-state index in [-0.39, 0.29) is 42.5 Å². The second-order valence-corrected chi connectivity index (χ2v) is 8.94. The van der Waals surface area contributed by atoms with E-state index in [1.807, 2.05) is 25.1 Å². The van der Waals surface area contributed by atoms with E-state index >= 15 is 0 Å². The third kappa shape index (κ3) is 5.43. The molecule has 0 unspecified atom stereocenters. The number of rotatable bonds is 9. The predicted octanol–water partition coefficient (Wildman–Crippen LogP) is 5.11. The van der Waals surface area contributed by atoms with Crippen LogP contribution >= 0.6 is 11.3 Å². The maximum atomic E-state index is 13.2. The minimum Gasteiger partial charge on any atom is -0.459 e. The molecule has 5 nitrogen and oxygen atoms in total. The molecule has 4 rings (SSSR count). The lowest BCUT2D eigenvalue weighted by Crippen LogP contribution is -2.38. The van der Waals surface area contributed by atoms with Crippen LogP contribution in [-0.2, 0) is 20.8 Å². The number of ether oxygens (including phenoxy) is 2. The van der Waals surface area contributed by atoms with Crippen molar-refractivity contribution < 1.29 is 23.8 Å². The molecule has 0 aliphatic carbocycles. The molecular weight excluding hydrogens is 441 g/mol. The number of fused-ring (bicyclic) bond motifs is 1. The molecule has 1 amide bonds. The Bertz CT molecular complexity index is 1110. The maximum Gasteiger partial charge on any atom is 0.286 e. The van der Waals surface area contributed by atoms with Crippen LogP contribution in [0.15, 0.2) is 65.7 Å². The van der Waals surface area contributed by atoms with Gasteiger partial charge in [0.15, 0.2) is 5.76 Å². The lowest BCUT2D eigenvalue weighted by atomic mass is 9.80. The monoisotopic (exact) mass is 469 g/mol. The van der Waals surface area contributed by atoms with E-state index in [0.717, 1.165) is 16.5 Å². The number of nitrogens with one attached hydrogen (secondary N) is 1. The number of hydrogen-bond acceptors (Lipinski definition) is 5. The van der Waals surface area contributed by atoms with Gasteiger partial charge < -0.3 is 19.9 Å². The molecule has 3 atom stereocenters. The highest BCUT2D eigenvalue weighted by atomic mass is 32.1. The van der Waals surface area contributed by atoms with E-state index in [1.54, 1.807) is 23.5 Å². The van der Waals surface area contributed by atoms with Crippen molar-refractivity contribution in [2.45, 2.75) is 38.5 Å². The average Bonchev–Trinajstić information content (AvgIpc) is 3.26. The first-order valence-electron chi connectivity index (χ1n) is 11.2. The van der Waals surface area contributed by atoms with Crippen LogP contribution in [0.5, 0.6) is 0 Å². The highest BCUT2D eigenvalue weighted by Crippen LogP contribution is 2.43. The standard InChI is InChI=1S/C26H28FNO4S/c1-2-31-26-20(7-5-13-29)21(22-16-33-24-8-4-3-6-19(22)24)14-23(32-26)25(30)28-15-17-9-11-18(27)12-10-17/h3-4,6,8-12,14,16,20-21,26,29H,2,5,7,13,15H2,1H3,(H,28,30)/t20-,21+,26-/m1/s1. The Kier molecular flexibility index (Phi) is 7.75. The molecule has 1 aliphatic rings. The van der Waals surface area contributed by atoms with Gasteiger partial charge in [-0.15, -0.1) is 11.3 Å². The van der Waals surface area contributed by atoms with Gasteiger partial charge in [-0.25, -0.2) is 4.39 Å². The molecule has 1 aliphatic heterocycles. The smallest absolute Gasteiger partial charge is 0.286 e. The van der Waals surface area contributed by atoms with Gasteiger partial charge in [-0.1, -0.05) is 30.3 Å². The lowest BCUT2D eigenvalue weighted by molar-refractivity contribution is -0.166. The largest absolute Gasteiger partial charge is 0.459 e. The first-order valence-corrected chi connectivity index (χ1v) is 12.1. The van der Waals surface area contributed by atoms with E-state index in [2.05, 4.69) is 22.8 Å². The summed E-state index contributed by atoms with van der Waals surface area (Å²) in [6, 6.07) is 14.2. The van der Waals surface area contributed by atoms with E-state index in [1.165, 1.54) is 16.8 Å². The zero-order chi connectivity index (χ0) is 23.2. The zero-order valence-corrected chi connectivity index (χ0v) is 19.3. The topological polar surface area (TPSA) is 67.8 Å². The highest BCUT2D eigenvalue weighted by Gasteiger charge is 2.38. The predicted molar refractivity (Wildman–Crippen MR) is 127 cm³/mol. The number of amides is 1. The van der Waals surface area contributed by atoms with Gasteiger partial charge >= 0.3 is 0 Å². The summed E-state index contributed by atoms with van der Waals surface area (Å²) in [6.07, 6.45) is 2.61. The first kappa shape index (κ1) is 23.4.